The van der Waals surface area contributed by atoms with Crippen molar-refractivity contribution in [3.05, 3.63) is 43.0 Å². The Balaban J connectivity index is 2.54. The molecule has 1 aromatic carbocycles. The van der Waals surface area contributed by atoms with Crippen LogP contribution in [0.3, 0.4) is 0 Å². The summed E-state index contributed by atoms with van der Waals surface area (Å²) >= 11 is 12.5. The quantitative estimate of drug-likeness (QED) is 0.528. The van der Waals surface area contributed by atoms with Gasteiger partial charge < -0.3 is 9.47 Å². The SMILES string of the molecule is COc1cccc(OC)c1C(Br)c1cc(Br)sc1Br. The fourth-order valence-corrected chi connectivity index (χ4v) is 5.98. The van der Waals surface area contributed by atoms with Crippen LogP contribution in [0.25, 0.3) is 0 Å². The molecule has 0 saturated heterocycles. The van der Waals surface area contributed by atoms with Gasteiger partial charge in [0.05, 0.1) is 32.2 Å². The van der Waals surface area contributed by atoms with Crippen LogP contribution in [-0.4, -0.2) is 14.2 Å². The van der Waals surface area contributed by atoms with E-state index in [0.29, 0.717) is 0 Å². The topological polar surface area (TPSA) is 18.5 Å². The van der Waals surface area contributed by atoms with Crippen molar-refractivity contribution in [1.82, 2.24) is 0 Å². The molecule has 0 radical (unpaired) electrons. The van der Waals surface area contributed by atoms with Gasteiger partial charge in [0.2, 0.25) is 0 Å². The second-order valence-electron chi connectivity index (χ2n) is 3.72. The Bertz CT molecular complexity index is 561. The molecule has 0 amide bonds. The third-order valence-electron chi connectivity index (χ3n) is 2.68. The molecular weight excluding hydrogens is 460 g/mol. The standard InChI is InChI=1S/C13H11Br3O2S/c1-17-8-4-3-5-9(18-2)11(8)12(15)7-6-10(14)19-13(7)16/h3-6,12H,1-2H3. The van der Waals surface area contributed by atoms with Crippen LogP contribution >= 0.6 is 59.1 Å². The molecule has 2 nitrogen and oxygen atoms in total. The van der Waals surface area contributed by atoms with Crippen molar-refractivity contribution in [2.45, 2.75) is 4.83 Å². The van der Waals surface area contributed by atoms with E-state index >= 15 is 0 Å². The van der Waals surface area contributed by atoms with Crippen LogP contribution in [0.1, 0.15) is 16.0 Å². The first-order valence-corrected chi connectivity index (χ1v) is 8.70. The van der Waals surface area contributed by atoms with Gasteiger partial charge in [0, 0.05) is 0 Å². The van der Waals surface area contributed by atoms with Crippen LogP contribution in [0.2, 0.25) is 0 Å². The summed E-state index contributed by atoms with van der Waals surface area (Å²) in [4.78, 5) is -0.00414. The number of hydrogen-bond donors (Lipinski definition) is 0. The highest BCUT2D eigenvalue weighted by Gasteiger charge is 2.23. The molecule has 2 rings (SSSR count). The van der Waals surface area contributed by atoms with Crippen molar-refractivity contribution in [1.29, 1.82) is 0 Å². The van der Waals surface area contributed by atoms with Gasteiger partial charge in [-0.1, -0.05) is 22.0 Å². The lowest BCUT2D eigenvalue weighted by atomic mass is 10.1. The minimum atomic E-state index is -0.00414. The summed E-state index contributed by atoms with van der Waals surface area (Å²) in [6.07, 6.45) is 0. The van der Waals surface area contributed by atoms with E-state index in [2.05, 4.69) is 53.9 Å². The molecule has 0 aliphatic heterocycles. The number of hydrogen-bond acceptors (Lipinski definition) is 3. The molecule has 0 spiro atoms. The molecule has 0 N–H and O–H groups in total. The zero-order valence-corrected chi connectivity index (χ0v) is 15.8. The molecule has 1 aromatic heterocycles. The van der Waals surface area contributed by atoms with Crippen LogP contribution in [-0.2, 0) is 0 Å². The monoisotopic (exact) mass is 468 g/mol. The maximum absolute atomic E-state index is 5.44. The highest BCUT2D eigenvalue weighted by atomic mass is 79.9. The van der Waals surface area contributed by atoms with Crippen LogP contribution in [0.5, 0.6) is 11.5 Å². The Kier molecular flexibility index (Phi) is 5.34. The predicted octanol–water partition coefficient (Wildman–Crippen LogP) is 5.77. The smallest absolute Gasteiger partial charge is 0.127 e. The molecule has 0 bridgehead atoms. The summed E-state index contributed by atoms with van der Waals surface area (Å²) in [5, 5.41) is 0. The van der Waals surface area contributed by atoms with Gasteiger partial charge in [-0.3, -0.25) is 0 Å². The fraction of sp³-hybridized carbons (Fsp3) is 0.231. The number of ether oxygens (including phenoxy) is 2. The number of benzene rings is 1. The number of alkyl halides is 1. The molecule has 0 aliphatic rings. The first-order valence-electron chi connectivity index (χ1n) is 5.38. The molecule has 2 aromatic rings. The van der Waals surface area contributed by atoms with Crippen molar-refractivity contribution in [3.63, 3.8) is 0 Å². The highest BCUT2D eigenvalue weighted by Crippen LogP contribution is 2.47. The van der Waals surface area contributed by atoms with Gasteiger partial charge in [0.1, 0.15) is 11.5 Å². The molecule has 1 unspecified atom stereocenters. The van der Waals surface area contributed by atoms with Gasteiger partial charge >= 0.3 is 0 Å². The molecule has 0 aliphatic carbocycles. The van der Waals surface area contributed by atoms with E-state index in [1.54, 1.807) is 25.6 Å². The van der Waals surface area contributed by atoms with Crippen LogP contribution in [0, 0.1) is 0 Å². The van der Waals surface area contributed by atoms with Gasteiger partial charge in [-0.2, -0.15) is 0 Å². The molecule has 102 valence electrons. The van der Waals surface area contributed by atoms with E-state index in [0.717, 1.165) is 30.2 Å². The average molecular weight is 471 g/mol. The second-order valence-corrected chi connectivity index (χ2v) is 8.38. The summed E-state index contributed by atoms with van der Waals surface area (Å²) in [5.74, 6) is 1.60. The maximum Gasteiger partial charge on any atom is 0.127 e. The number of rotatable bonds is 4. The first-order chi connectivity index (χ1) is 9.08. The minimum absolute atomic E-state index is 0.00414. The Hall–Kier alpha value is -0.0400. The summed E-state index contributed by atoms with van der Waals surface area (Å²) in [6, 6.07) is 7.86. The summed E-state index contributed by atoms with van der Waals surface area (Å²) in [6.45, 7) is 0. The highest BCUT2D eigenvalue weighted by molar-refractivity contribution is 9.12. The average Bonchev–Trinajstić information content (AvgIpc) is 2.75. The predicted molar refractivity (Wildman–Crippen MR) is 90.0 cm³/mol. The van der Waals surface area contributed by atoms with Crippen LogP contribution in [0.4, 0.5) is 0 Å². The maximum atomic E-state index is 5.44. The van der Waals surface area contributed by atoms with E-state index in [-0.39, 0.29) is 4.83 Å². The van der Waals surface area contributed by atoms with E-state index < -0.39 is 0 Å². The molecule has 0 fully saturated rings. The largest absolute Gasteiger partial charge is 0.496 e. The Morgan fingerprint density at radius 1 is 1.11 bits per heavy atom. The fourth-order valence-electron chi connectivity index (χ4n) is 1.81. The van der Waals surface area contributed by atoms with E-state index in [9.17, 15) is 0 Å². The Morgan fingerprint density at radius 3 is 2.11 bits per heavy atom. The molecule has 19 heavy (non-hydrogen) atoms. The number of methoxy groups -OCH3 is 2. The van der Waals surface area contributed by atoms with E-state index in [1.165, 1.54) is 0 Å². The zero-order chi connectivity index (χ0) is 14.0. The van der Waals surface area contributed by atoms with Gasteiger partial charge in [0.25, 0.3) is 0 Å². The van der Waals surface area contributed by atoms with Gasteiger partial charge in [-0.05, 0) is 55.6 Å². The van der Waals surface area contributed by atoms with Crippen molar-refractivity contribution in [2.75, 3.05) is 14.2 Å². The molecule has 0 saturated carbocycles. The van der Waals surface area contributed by atoms with Crippen molar-refractivity contribution >= 4 is 59.1 Å². The lowest BCUT2D eigenvalue weighted by molar-refractivity contribution is 0.386. The third-order valence-corrected chi connectivity index (χ3v) is 6.01. The number of halogens is 3. The summed E-state index contributed by atoms with van der Waals surface area (Å²) < 4.78 is 13.0. The minimum Gasteiger partial charge on any atom is -0.496 e. The Morgan fingerprint density at radius 2 is 1.68 bits per heavy atom. The first kappa shape index (κ1) is 15.4. The lowest BCUT2D eigenvalue weighted by Gasteiger charge is -2.17. The van der Waals surface area contributed by atoms with E-state index in [4.69, 9.17) is 9.47 Å². The van der Waals surface area contributed by atoms with Crippen molar-refractivity contribution in [2.24, 2.45) is 0 Å². The molecule has 6 heteroatoms. The third kappa shape index (κ3) is 3.17. The lowest BCUT2D eigenvalue weighted by Crippen LogP contribution is -2.00. The van der Waals surface area contributed by atoms with Crippen molar-refractivity contribution < 1.29 is 9.47 Å². The van der Waals surface area contributed by atoms with Crippen LogP contribution < -0.4 is 9.47 Å². The molecule has 1 heterocycles. The van der Waals surface area contributed by atoms with Crippen molar-refractivity contribution in [3.8, 4) is 11.5 Å². The zero-order valence-electron chi connectivity index (χ0n) is 10.2. The van der Waals surface area contributed by atoms with Gasteiger partial charge in [-0.25, -0.2) is 0 Å². The van der Waals surface area contributed by atoms with Gasteiger partial charge in [-0.15, -0.1) is 11.3 Å². The second kappa shape index (κ2) is 6.61. The summed E-state index contributed by atoms with van der Waals surface area (Å²) in [5.41, 5.74) is 2.12. The molecule has 1 atom stereocenters. The van der Waals surface area contributed by atoms with Crippen LogP contribution in [0.15, 0.2) is 31.8 Å². The molecular formula is C13H11Br3O2S. The number of thiophene rings is 1. The Labute approximate surface area is 141 Å². The summed E-state index contributed by atoms with van der Waals surface area (Å²) in [7, 11) is 3.33. The van der Waals surface area contributed by atoms with E-state index in [1.807, 2.05) is 18.2 Å². The normalized spacial score (nSPS) is 12.3. The van der Waals surface area contributed by atoms with Gasteiger partial charge in [0.15, 0.2) is 0 Å².